The van der Waals surface area contributed by atoms with Crippen molar-refractivity contribution in [3.63, 3.8) is 0 Å². The second-order valence-corrected chi connectivity index (χ2v) is 10.2. The van der Waals surface area contributed by atoms with Crippen molar-refractivity contribution < 1.29 is 0 Å². The Hall–Kier alpha value is -2.86. The van der Waals surface area contributed by atoms with Crippen LogP contribution < -0.4 is 9.80 Å². The SMILES string of the molecule is C=C(CN1C(=C)Sc2cc(C)ccc21)N1CC[C@@H](C)[C@@H](N(C)c2ccnc3[nH]ccc23)C1. The monoisotopic (exact) mass is 445 g/mol. The molecule has 2 aliphatic heterocycles. The van der Waals surface area contributed by atoms with E-state index in [0.29, 0.717) is 12.0 Å². The molecule has 0 spiro atoms. The average Bonchev–Trinajstić information content (AvgIpc) is 3.37. The molecule has 5 nitrogen and oxygen atoms in total. The van der Waals surface area contributed by atoms with Gasteiger partial charge in [0.15, 0.2) is 0 Å². The van der Waals surface area contributed by atoms with Crippen LogP contribution in [-0.4, -0.2) is 47.6 Å². The summed E-state index contributed by atoms with van der Waals surface area (Å²) in [6.07, 6.45) is 5.01. The second kappa shape index (κ2) is 8.24. The van der Waals surface area contributed by atoms with Crippen molar-refractivity contribution in [2.24, 2.45) is 5.92 Å². The third kappa shape index (κ3) is 3.66. The lowest BCUT2D eigenvalue weighted by Crippen LogP contribution is -2.51. The molecule has 0 unspecified atom stereocenters. The molecule has 1 N–H and O–H groups in total. The third-order valence-corrected chi connectivity index (χ3v) is 7.96. The number of hydrogen-bond donors (Lipinski definition) is 1. The Labute approximate surface area is 194 Å². The molecule has 1 fully saturated rings. The zero-order chi connectivity index (χ0) is 22.4. The van der Waals surface area contributed by atoms with E-state index in [-0.39, 0.29) is 0 Å². The van der Waals surface area contributed by atoms with E-state index in [1.165, 1.54) is 27.2 Å². The van der Waals surface area contributed by atoms with E-state index in [1.807, 2.05) is 12.4 Å². The van der Waals surface area contributed by atoms with Crippen LogP contribution in [0.15, 0.2) is 71.5 Å². The van der Waals surface area contributed by atoms with E-state index in [4.69, 9.17) is 0 Å². The van der Waals surface area contributed by atoms with E-state index in [1.54, 1.807) is 11.8 Å². The molecule has 2 atom stereocenters. The summed E-state index contributed by atoms with van der Waals surface area (Å²) in [6.45, 7) is 16.1. The highest BCUT2D eigenvalue weighted by atomic mass is 32.2. The Morgan fingerprint density at radius 1 is 1.31 bits per heavy atom. The van der Waals surface area contributed by atoms with Crippen LogP contribution in [0.2, 0.25) is 0 Å². The summed E-state index contributed by atoms with van der Waals surface area (Å²) in [6, 6.07) is 11.3. The Bertz CT molecular complexity index is 1180. The van der Waals surface area contributed by atoms with Gasteiger partial charge in [0.05, 0.1) is 17.3 Å². The van der Waals surface area contributed by atoms with Crippen LogP contribution >= 0.6 is 11.8 Å². The molecule has 0 bridgehead atoms. The number of benzene rings is 1. The van der Waals surface area contributed by atoms with Crippen molar-refractivity contribution in [1.29, 1.82) is 0 Å². The number of rotatable bonds is 5. The number of likely N-dealkylation sites (N-methyl/N-ethyl adjacent to an activating group) is 1. The minimum Gasteiger partial charge on any atom is -0.372 e. The number of pyridine rings is 1. The van der Waals surface area contributed by atoms with E-state index in [2.05, 4.69) is 89.1 Å². The molecule has 1 saturated heterocycles. The van der Waals surface area contributed by atoms with Crippen LogP contribution in [0, 0.1) is 12.8 Å². The third-order valence-electron chi connectivity index (χ3n) is 6.96. The summed E-state index contributed by atoms with van der Waals surface area (Å²) in [5.74, 6) is 0.604. The van der Waals surface area contributed by atoms with Gasteiger partial charge in [-0.1, -0.05) is 37.9 Å². The quantitative estimate of drug-likeness (QED) is 0.552. The van der Waals surface area contributed by atoms with Crippen LogP contribution in [0.3, 0.4) is 0 Å². The van der Waals surface area contributed by atoms with Gasteiger partial charge < -0.3 is 19.7 Å². The van der Waals surface area contributed by atoms with Crippen molar-refractivity contribution in [3.8, 4) is 0 Å². The fourth-order valence-electron chi connectivity index (χ4n) is 4.97. The van der Waals surface area contributed by atoms with Gasteiger partial charge in [0.2, 0.25) is 0 Å². The molecule has 5 rings (SSSR count). The number of likely N-dealkylation sites (tertiary alicyclic amines) is 1. The first-order chi connectivity index (χ1) is 15.4. The maximum absolute atomic E-state index is 4.50. The van der Waals surface area contributed by atoms with Gasteiger partial charge in [-0.25, -0.2) is 4.98 Å². The summed E-state index contributed by atoms with van der Waals surface area (Å²) < 4.78 is 0. The maximum atomic E-state index is 4.50. The Kier molecular flexibility index (Phi) is 5.41. The molecular weight excluding hydrogens is 414 g/mol. The number of H-pyrrole nitrogens is 1. The first kappa shape index (κ1) is 21.0. The number of thioether (sulfide) groups is 1. The van der Waals surface area contributed by atoms with Crippen molar-refractivity contribution in [2.45, 2.75) is 31.2 Å². The molecule has 1 aromatic carbocycles. The first-order valence-corrected chi connectivity index (χ1v) is 12.1. The number of nitrogens with zero attached hydrogens (tertiary/aromatic N) is 4. The van der Waals surface area contributed by atoms with Gasteiger partial charge in [-0.2, -0.15) is 0 Å². The predicted molar refractivity (Wildman–Crippen MR) is 136 cm³/mol. The summed E-state index contributed by atoms with van der Waals surface area (Å²) >= 11 is 1.76. The lowest BCUT2D eigenvalue weighted by molar-refractivity contribution is 0.203. The van der Waals surface area contributed by atoms with Crippen molar-refractivity contribution >= 4 is 34.2 Å². The number of hydrogen-bond acceptors (Lipinski definition) is 5. The number of anilines is 2. The highest BCUT2D eigenvalue weighted by molar-refractivity contribution is 8.03. The molecule has 0 aliphatic carbocycles. The Morgan fingerprint density at radius 2 is 2.16 bits per heavy atom. The van der Waals surface area contributed by atoms with Crippen molar-refractivity contribution in [2.75, 3.05) is 36.5 Å². The van der Waals surface area contributed by atoms with Crippen molar-refractivity contribution in [1.82, 2.24) is 14.9 Å². The van der Waals surface area contributed by atoms with Crippen LogP contribution in [0.1, 0.15) is 18.9 Å². The van der Waals surface area contributed by atoms with E-state index in [0.717, 1.165) is 42.4 Å². The molecule has 4 heterocycles. The fraction of sp³-hybridized carbons (Fsp3) is 0.346. The summed E-state index contributed by atoms with van der Waals surface area (Å²) in [5, 5.41) is 2.26. The van der Waals surface area contributed by atoms with Crippen LogP contribution in [0.25, 0.3) is 11.0 Å². The normalized spacial score (nSPS) is 20.7. The van der Waals surface area contributed by atoms with Gasteiger partial charge in [-0.05, 0) is 49.1 Å². The molecule has 3 aromatic rings. The molecule has 2 aromatic heterocycles. The largest absolute Gasteiger partial charge is 0.372 e. The number of aromatic amines is 1. The van der Waals surface area contributed by atoms with Crippen molar-refractivity contribution in [3.05, 3.63) is 72.2 Å². The Balaban J connectivity index is 1.33. The molecule has 166 valence electrons. The first-order valence-electron chi connectivity index (χ1n) is 11.2. The molecular formula is C26H31N5S. The molecule has 0 saturated carbocycles. The Morgan fingerprint density at radius 3 is 3.00 bits per heavy atom. The predicted octanol–water partition coefficient (Wildman–Crippen LogP) is 5.62. The average molecular weight is 446 g/mol. The highest BCUT2D eigenvalue weighted by Gasteiger charge is 2.32. The number of nitrogens with one attached hydrogen (secondary N) is 1. The van der Waals surface area contributed by atoms with Gasteiger partial charge in [0, 0.05) is 60.2 Å². The zero-order valence-electron chi connectivity index (χ0n) is 19.1. The smallest absolute Gasteiger partial charge is 0.139 e. The molecule has 0 amide bonds. The van der Waals surface area contributed by atoms with E-state index < -0.39 is 0 Å². The van der Waals surface area contributed by atoms with Gasteiger partial charge in [0.1, 0.15) is 5.65 Å². The summed E-state index contributed by atoms with van der Waals surface area (Å²) in [5.41, 5.74) is 5.87. The fourth-order valence-corrected chi connectivity index (χ4v) is 6.03. The maximum Gasteiger partial charge on any atom is 0.139 e. The minimum atomic E-state index is 0.409. The van der Waals surface area contributed by atoms with E-state index in [9.17, 15) is 0 Å². The minimum absolute atomic E-state index is 0.409. The zero-order valence-corrected chi connectivity index (χ0v) is 20.0. The molecule has 6 heteroatoms. The number of piperidine rings is 1. The highest BCUT2D eigenvalue weighted by Crippen LogP contribution is 2.46. The number of fused-ring (bicyclic) bond motifs is 2. The van der Waals surface area contributed by atoms with Gasteiger partial charge in [0.25, 0.3) is 0 Å². The topological polar surface area (TPSA) is 38.4 Å². The van der Waals surface area contributed by atoms with E-state index >= 15 is 0 Å². The summed E-state index contributed by atoms with van der Waals surface area (Å²) in [4.78, 5) is 16.2. The number of aryl methyl sites for hydroxylation is 1. The van der Waals surface area contributed by atoms with Crippen LogP contribution in [0.5, 0.6) is 0 Å². The van der Waals surface area contributed by atoms with Gasteiger partial charge in [-0.3, -0.25) is 0 Å². The number of aromatic nitrogens is 2. The van der Waals surface area contributed by atoms with Gasteiger partial charge >= 0.3 is 0 Å². The lowest BCUT2D eigenvalue weighted by atomic mass is 9.91. The molecule has 32 heavy (non-hydrogen) atoms. The lowest BCUT2D eigenvalue weighted by Gasteiger charge is -2.44. The van der Waals surface area contributed by atoms with Crippen LogP contribution in [-0.2, 0) is 0 Å². The van der Waals surface area contributed by atoms with Crippen LogP contribution in [0.4, 0.5) is 11.4 Å². The van der Waals surface area contributed by atoms with Gasteiger partial charge in [-0.15, -0.1) is 0 Å². The molecule has 2 aliphatic rings. The second-order valence-electron chi connectivity index (χ2n) is 9.08. The molecule has 0 radical (unpaired) electrons. The summed E-state index contributed by atoms with van der Waals surface area (Å²) in [7, 11) is 2.22. The standard InChI is InChI=1S/C26H31N5S/c1-17-6-7-23-25(14-17)32-20(4)31(23)15-19(3)30-13-10-18(2)24(16-30)29(5)22-9-12-28-26-21(22)8-11-27-26/h6-9,11-12,14,18,24H,3-4,10,13,15-16H2,1-2,5H3,(H,27,28)/t18-,24+/m1/s1.